The quantitative estimate of drug-likeness (QED) is 0.840. The molecule has 0 bridgehead atoms. The highest BCUT2D eigenvalue weighted by Gasteiger charge is 2.55. The first kappa shape index (κ1) is 13.7. The van der Waals surface area contributed by atoms with Crippen molar-refractivity contribution in [3.8, 4) is 0 Å². The molecule has 0 saturated heterocycles. The van der Waals surface area contributed by atoms with E-state index in [9.17, 15) is 0 Å². The van der Waals surface area contributed by atoms with Crippen LogP contribution in [0.25, 0.3) is 0 Å². The van der Waals surface area contributed by atoms with Crippen LogP contribution in [-0.4, -0.2) is 12.6 Å². The SMILES string of the molecule is CCNC(Cc1cc(Cl)ccc1Cl)C1C2CCCC21. The Labute approximate surface area is 125 Å². The molecule has 3 heteroatoms. The van der Waals surface area contributed by atoms with Crippen molar-refractivity contribution in [2.24, 2.45) is 17.8 Å². The molecule has 1 aromatic rings. The van der Waals surface area contributed by atoms with Crippen LogP contribution in [0, 0.1) is 17.8 Å². The Morgan fingerprint density at radius 1 is 1.26 bits per heavy atom. The second-order valence-electron chi connectivity index (χ2n) is 5.94. The van der Waals surface area contributed by atoms with E-state index in [0.717, 1.165) is 40.8 Å². The Balaban J connectivity index is 1.72. The Morgan fingerprint density at radius 2 is 2.00 bits per heavy atom. The summed E-state index contributed by atoms with van der Waals surface area (Å²) in [6.45, 7) is 3.21. The summed E-state index contributed by atoms with van der Waals surface area (Å²) in [6.07, 6.45) is 5.30. The van der Waals surface area contributed by atoms with Crippen molar-refractivity contribution in [1.82, 2.24) is 5.32 Å². The van der Waals surface area contributed by atoms with Gasteiger partial charge in [-0.2, -0.15) is 0 Å². The predicted molar refractivity (Wildman–Crippen MR) is 82.0 cm³/mol. The van der Waals surface area contributed by atoms with E-state index in [-0.39, 0.29) is 0 Å². The summed E-state index contributed by atoms with van der Waals surface area (Å²) in [5.41, 5.74) is 1.19. The van der Waals surface area contributed by atoms with Gasteiger partial charge in [-0.1, -0.05) is 36.5 Å². The van der Waals surface area contributed by atoms with Gasteiger partial charge in [0.1, 0.15) is 0 Å². The van der Waals surface area contributed by atoms with Gasteiger partial charge >= 0.3 is 0 Å². The van der Waals surface area contributed by atoms with Crippen LogP contribution < -0.4 is 5.32 Å². The van der Waals surface area contributed by atoms with Gasteiger partial charge in [0.15, 0.2) is 0 Å². The minimum Gasteiger partial charge on any atom is -0.314 e. The van der Waals surface area contributed by atoms with Gasteiger partial charge in [-0.3, -0.25) is 0 Å². The summed E-state index contributed by atoms with van der Waals surface area (Å²) >= 11 is 12.4. The molecule has 0 radical (unpaired) electrons. The van der Waals surface area contributed by atoms with E-state index >= 15 is 0 Å². The minimum atomic E-state index is 0.566. The number of hydrogen-bond donors (Lipinski definition) is 1. The molecule has 0 amide bonds. The highest BCUT2D eigenvalue weighted by Crippen LogP contribution is 2.59. The highest BCUT2D eigenvalue weighted by atomic mass is 35.5. The smallest absolute Gasteiger partial charge is 0.0439 e. The zero-order valence-corrected chi connectivity index (χ0v) is 12.8. The van der Waals surface area contributed by atoms with E-state index in [0.29, 0.717) is 6.04 Å². The van der Waals surface area contributed by atoms with Crippen LogP contribution in [-0.2, 0) is 6.42 Å². The van der Waals surface area contributed by atoms with Gasteiger partial charge in [0.25, 0.3) is 0 Å². The van der Waals surface area contributed by atoms with Gasteiger partial charge in [0.2, 0.25) is 0 Å². The van der Waals surface area contributed by atoms with Crippen molar-refractivity contribution < 1.29 is 0 Å². The van der Waals surface area contributed by atoms with Crippen molar-refractivity contribution >= 4 is 23.2 Å². The lowest BCUT2D eigenvalue weighted by atomic mass is 9.97. The first-order chi connectivity index (χ1) is 9.20. The van der Waals surface area contributed by atoms with Crippen LogP contribution in [0.3, 0.4) is 0 Å². The second-order valence-corrected chi connectivity index (χ2v) is 6.78. The van der Waals surface area contributed by atoms with Crippen LogP contribution in [0.4, 0.5) is 0 Å². The zero-order chi connectivity index (χ0) is 13.4. The van der Waals surface area contributed by atoms with E-state index < -0.39 is 0 Å². The molecule has 2 aliphatic rings. The average molecular weight is 298 g/mol. The van der Waals surface area contributed by atoms with E-state index in [1.165, 1.54) is 24.8 Å². The molecular formula is C16H21Cl2N. The standard InChI is InChI=1S/C16H21Cl2N/c1-2-19-15(16-12-4-3-5-13(12)16)9-10-8-11(17)6-7-14(10)18/h6-8,12-13,15-16,19H,2-5,9H2,1H3. The van der Waals surface area contributed by atoms with Crippen molar-refractivity contribution in [1.29, 1.82) is 0 Å². The van der Waals surface area contributed by atoms with Crippen LogP contribution in [0.1, 0.15) is 31.7 Å². The van der Waals surface area contributed by atoms with Gasteiger partial charge < -0.3 is 5.32 Å². The van der Waals surface area contributed by atoms with Crippen molar-refractivity contribution in [3.63, 3.8) is 0 Å². The summed E-state index contributed by atoms with van der Waals surface area (Å²) in [6, 6.07) is 6.36. The van der Waals surface area contributed by atoms with Crippen molar-refractivity contribution in [2.75, 3.05) is 6.54 Å². The fraction of sp³-hybridized carbons (Fsp3) is 0.625. The number of likely N-dealkylation sites (N-methyl/N-ethyl adjacent to an activating group) is 1. The topological polar surface area (TPSA) is 12.0 Å². The Kier molecular flexibility index (Phi) is 4.07. The molecule has 2 aliphatic carbocycles. The lowest BCUT2D eigenvalue weighted by molar-refractivity contribution is 0.411. The molecule has 0 aromatic heterocycles. The normalized spacial score (nSPS) is 30.2. The maximum Gasteiger partial charge on any atom is 0.0439 e. The zero-order valence-electron chi connectivity index (χ0n) is 11.3. The van der Waals surface area contributed by atoms with Crippen LogP contribution in [0.5, 0.6) is 0 Å². The summed E-state index contributed by atoms with van der Waals surface area (Å²) in [4.78, 5) is 0. The molecular weight excluding hydrogens is 277 g/mol. The third-order valence-electron chi connectivity index (χ3n) is 4.85. The molecule has 0 heterocycles. The molecule has 3 atom stereocenters. The van der Waals surface area contributed by atoms with Crippen LogP contribution in [0.15, 0.2) is 18.2 Å². The fourth-order valence-electron chi connectivity index (χ4n) is 4.02. The molecule has 2 saturated carbocycles. The molecule has 1 nitrogen and oxygen atoms in total. The van der Waals surface area contributed by atoms with Gasteiger partial charge in [0.05, 0.1) is 0 Å². The first-order valence-corrected chi connectivity index (χ1v) is 8.13. The van der Waals surface area contributed by atoms with E-state index in [1.807, 2.05) is 18.2 Å². The molecule has 2 fully saturated rings. The van der Waals surface area contributed by atoms with Crippen LogP contribution in [0.2, 0.25) is 10.0 Å². The number of fused-ring (bicyclic) bond motifs is 1. The number of nitrogens with one attached hydrogen (secondary N) is 1. The summed E-state index contributed by atoms with van der Waals surface area (Å²) in [5.74, 6) is 2.81. The molecule has 104 valence electrons. The molecule has 0 aliphatic heterocycles. The Hall–Kier alpha value is -0.240. The lowest BCUT2D eigenvalue weighted by Crippen LogP contribution is -2.34. The third kappa shape index (κ3) is 2.79. The summed E-state index contributed by atoms with van der Waals surface area (Å²) in [5, 5.41) is 5.30. The average Bonchev–Trinajstić information content (AvgIpc) is 2.86. The van der Waals surface area contributed by atoms with Gasteiger partial charge in [0, 0.05) is 16.1 Å². The summed E-state index contributed by atoms with van der Waals surface area (Å²) < 4.78 is 0. The van der Waals surface area contributed by atoms with Gasteiger partial charge in [-0.25, -0.2) is 0 Å². The number of halogens is 2. The summed E-state index contributed by atoms with van der Waals surface area (Å²) in [7, 11) is 0. The molecule has 1 N–H and O–H groups in total. The van der Waals surface area contributed by atoms with E-state index in [2.05, 4.69) is 12.2 Å². The van der Waals surface area contributed by atoms with Crippen molar-refractivity contribution in [3.05, 3.63) is 33.8 Å². The third-order valence-corrected chi connectivity index (χ3v) is 5.46. The molecule has 3 rings (SSSR count). The highest BCUT2D eigenvalue weighted by molar-refractivity contribution is 6.33. The minimum absolute atomic E-state index is 0.566. The van der Waals surface area contributed by atoms with Crippen molar-refractivity contribution in [2.45, 2.75) is 38.6 Å². The molecule has 1 aromatic carbocycles. The lowest BCUT2D eigenvalue weighted by Gasteiger charge is -2.20. The predicted octanol–water partition coefficient (Wildman–Crippen LogP) is 4.56. The Morgan fingerprint density at radius 3 is 2.68 bits per heavy atom. The molecule has 3 unspecified atom stereocenters. The van der Waals surface area contributed by atoms with Gasteiger partial charge in [-0.15, -0.1) is 0 Å². The van der Waals surface area contributed by atoms with E-state index in [1.54, 1.807) is 0 Å². The van der Waals surface area contributed by atoms with Crippen LogP contribution >= 0.6 is 23.2 Å². The molecule has 19 heavy (non-hydrogen) atoms. The number of benzene rings is 1. The number of hydrogen-bond acceptors (Lipinski definition) is 1. The maximum absolute atomic E-state index is 6.30. The number of rotatable bonds is 5. The monoisotopic (exact) mass is 297 g/mol. The largest absolute Gasteiger partial charge is 0.314 e. The van der Waals surface area contributed by atoms with E-state index in [4.69, 9.17) is 23.2 Å². The maximum atomic E-state index is 6.30. The molecule has 0 spiro atoms. The fourth-order valence-corrected chi connectivity index (χ4v) is 4.41. The first-order valence-electron chi connectivity index (χ1n) is 7.38. The van der Waals surface area contributed by atoms with Gasteiger partial charge in [-0.05, 0) is 67.3 Å². The second kappa shape index (κ2) is 5.63. The Bertz CT molecular complexity index is 450.